The Morgan fingerprint density at radius 1 is 0.719 bits per heavy atom. The summed E-state index contributed by atoms with van der Waals surface area (Å²) in [5.74, 6) is 2.11. The maximum atomic E-state index is 12.8. The Bertz CT molecular complexity index is 816. The first-order valence-corrected chi connectivity index (χ1v) is 13.8. The van der Waals surface area contributed by atoms with Gasteiger partial charge in [-0.15, -0.1) is 0 Å². The fourth-order valence-corrected chi connectivity index (χ4v) is 11.1. The second kappa shape index (κ2) is 6.64. The van der Waals surface area contributed by atoms with Crippen molar-refractivity contribution in [2.75, 3.05) is 0 Å². The van der Waals surface area contributed by atoms with Crippen LogP contribution >= 0.6 is 0 Å². The van der Waals surface area contributed by atoms with Gasteiger partial charge in [-0.05, 0) is 114 Å². The fraction of sp³-hybridized carbons (Fsp3) is 0.967. The van der Waals surface area contributed by atoms with Crippen LogP contribution in [0.2, 0.25) is 0 Å². The summed E-state index contributed by atoms with van der Waals surface area (Å²) in [6.45, 7) is 20.1. The molecule has 2 nitrogen and oxygen atoms in total. The fourth-order valence-electron chi connectivity index (χ4n) is 11.1. The van der Waals surface area contributed by atoms with Crippen LogP contribution in [0.15, 0.2) is 0 Å². The van der Waals surface area contributed by atoms with Gasteiger partial charge in [-0.3, -0.25) is 4.79 Å². The molecule has 5 aliphatic carbocycles. The topological polar surface area (TPSA) is 37.3 Å². The van der Waals surface area contributed by atoms with E-state index in [1.807, 2.05) is 0 Å². The summed E-state index contributed by atoms with van der Waals surface area (Å²) in [6, 6.07) is 0. The molecule has 0 saturated heterocycles. The van der Waals surface area contributed by atoms with Crippen molar-refractivity contribution in [1.29, 1.82) is 0 Å². The standard InChI is InChI=1S/C30H50O2/c1-19-24(32)20(31)17-22-27(19,5)10-9-21-28(22,6)14-16-30(8)23-18-25(2,3)11-12-26(23,4)13-15-29(21,30)7/h19-23,31H,9-18H2,1-8H3/t19-,20-,21-,22-,23+,26-,27-,28+,29-,30+/m1/s1. The van der Waals surface area contributed by atoms with Gasteiger partial charge in [0.15, 0.2) is 5.78 Å². The summed E-state index contributed by atoms with van der Waals surface area (Å²) in [4.78, 5) is 12.8. The third-order valence-corrected chi connectivity index (χ3v) is 13.8. The smallest absolute Gasteiger partial charge is 0.164 e. The van der Waals surface area contributed by atoms with E-state index < -0.39 is 6.10 Å². The molecule has 2 heteroatoms. The first-order chi connectivity index (χ1) is 14.6. The normalized spacial score (nSPS) is 59.4. The summed E-state index contributed by atoms with van der Waals surface area (Å²) < 4.78 is 0. The average molecular weight is 443 g/mol. The molecule has 5 fully saturated rings. The number of fused-ring (bicyclic) bond motifs is 7. The zero-order valence-corrected chi connectivity index (χ0v) is 22.3. The van der Waals surface area contributed by atoms with Crippen molar-refractivity contribution >= 4 is 5.78 Å². The molecule has 0 unspecified atom stereocenters. The molecule has 182 valence electrons. The van der Waals surface area contributed by atoms with Gasteiger partial charge in [0.05, 0.1) is 0 Å². The van der Waals surface area contributed by atoms with Crippen molar-refractivity contribution in [1.82, 2.24) is 0 Å². The first-order valence-electron chi connectivity index (χ1n) is 13.8. The van der Waals surface area contributed by atoms with E-state index in [4.69, 9.17) is 0 Å². The van der Waals surface area contributed by atoms with Crippen LogP contribution in [0.25, 0.3) is 0 Å². The molecular weight excluding hydrogens is 392 g/mol. The van der Waals surface area contributed by atoms with Crippen molar-refractivity contribution < 1.29 is 9.90 Å². The number of hydrogen-bond acceptors (Lipinski definition) is 2. The molecule has 1 N–H and O–H groups in total. The summed E-state index contributed by atoms with van der Waals surface area (Å²) in [7, 11) is 0. The molecule has 10 atom stereocenters. The summed E-state index contributed by atoms with van der Waals surface area (Å²) in [5, 5.41) is 10.7. The molecule has 5 aliphatic rings. The van der Waals surface area contributed by atoms with Crippen LogP contribution in [0.1, 0.15) is 120 Å². The Morgan fingerprint density at radius 3 is 2.00 bits per heavy atom. The number of rotatable bonds is 0. The Kier molecular flexibility index (Phi) is 4.85. The van der Waals surface area contributed by atoms with Gasteiger partial charge >= 0.3 is 0 Å². The second-order valence-corrected chi connectivity index (χ2v) is 15.4. The number of carbonyl (C=O) groups excluding carboxylic acids is 1. The maximum absolute atomic E-state index is 12.8. The monoisotopic (exact) mass is 442 g/mol. The van der Waals surface area contributed by atoms with E-state index in [-0.39, 0.29) is 22.5 Å². The highest BCUT2D eigenvalue weighted by atomic mass is 16.3. The van der Waals surface area contributed by atoms with Crippen LogP contribution < -0.4 is 0 Å². The van der Waals surface area contributed by atoms with E-state index in [1.54, 1.807) is 0 Å². The van der Waals surface area contributed by atoms with Gasteiger partial charge in [-0.1, -0.05) is 55.4 Å². The SMILES string of the molecule is C[C@@H]1C(=O)[C@H](O)C[C@@H]2[C@]1(C)CC[C@@H]1[C@]2(C)CC[C@@]2(C)[C@H]3CC(C)(C)CC[C@]3(C)CC[C@]12C. The zero-order chi connectivity index (χ0) is 23.5. The molecule has 0 heterocycles. The molecule has 0 bridgehead atoms. The molecule has 0 aromatic heterocycles. The van der Waals surface area contributed by atoms with Gasteiger partial charge in [0.25, 0.3) is 0 Å². The van der Waals surface area contributed by atoms with Gasteiger partial charge in [0.2, 0.25) is 0 Å². The highest BCUT2D eigenvalue weighted by Gasteiger charge is 2.71. The number of aliphatic hydroxyl groups is 1. The van der Waals surface area contributed by atoms with Crippen LogP contribution in [0.3, 0.4) is 0 Å². The van der Waals surface area contributed by atoms with Crippen molar-refractivity contribution in [2.24, 2.45) is 56.2 Å². The number of ketones is 1. The number of carbonyl (C=O) groups is 1. The van der Waals surface area contributed by atoms with Crippen LogP contribution in [0.5, 0.6) is 0 Å². The quantitative estimate of drug-likeness (QED) is 0.423. The molecule has 0 aromatic carbocycles. The van der Waals surface area contributed by atoms with Crippen molar-refractivity contribution in [3.63, 3.8) is 0 Å². The molecule has 32 heavy (non-hydrogen) atoms. The predicted octanol–water partition coefficient (Wildman–Crippen LogP) is 7.43. The summed E-state index contributed by atoms with van der Waals surface area (Å²) in [5.41, 5.74) is 2.07. The van der Waals surface area contributed by atoms with E-state index in [0.717, 1.165) is 12.3 Å². The van der Waals surface area contributed by atoms with Crippen LogP contribution in [-0.2, 0) is 4.79 Å². The van der Waals surface area contributed by atoms with Crippen molar-refractivity contribution in [2.45, 2.75) is 126 Å². The lowest BCUT2D eigenvalue weighted by Gasteiger charge is -2.75. The number of aliphatic hydroxyl groups excluding tert-OH is 1. The van der Waals surface area contributed by atoms with Crippen LogP contribution in [0.4, 0.5) is 0 Å². The zero-order valence-electron chi connectivity index (χ0n) is 22.3. The molecular formula is C30H50O2. The van der Waals surface area contributed by atoms with Crippen LogP contribution in [0, 0.1) is 56.2 Å². The highest BCUT2D eigenvalue weighted by Crippen LogP contribution is 2.78. The lowest BCUT2D eigenvalue weighted by molar-refractivity contribution is -0.259. The maximum Gasteiger partial charge on any atom is 0.164 e. The van der Waals surface area contributed by atoms with Crippen LogP contribution in [-0.4, -0.2) is 17.0 Å². The van der Waals surface area contributed by atoms with E-state index in [0.29, 0.717) is 39.9 Å². The van der Waals surface area contributed by atoms with Gasteiger partial charge < -0.3 is 5.11 Å². The van der Waals surface area contributed by atoms with E-state index in [1.165, 1.54) is 51.4 Å². The van der Waals surface area contributed by atoms with Gasteiger partial charge in [0.1, 0.15) is 6.10 Å². The molecule has 0 amide bonds. The largest absolute Gasteiger partial charge is 0.385 e. The van der Waals surface area contributed by atoms with Crippen molar-refractivity contribution in [3.05, 3.63) is 0 Å². The lowest BCUT2D eigenvalue weighted by Crippen LogP contribution is -2.68. The molecule has 0 aliphatic heterocycles. The molecule has 5 saturated carbocycles. The number of Topliss-reactive ketones (excluding diaryl/α,β-unsaturated/α-hetero) is 1. The third kappa shape index (κ3) is 2.71. The molecule has 5 rings (SSSR count). The minimum Gasteiger partial charge on any atom is -0.385 e. The Hall–Kier alpha value is -0.370. The minimum atomic E-state index is -0.742. The summed E-state index contributed by atoms with van der Waals surface area (Å²) >= 11 is 0. The average Bonchev–Trinajstić information content (AvgIpc) is 2.72. The Balaban J connectivity index is 1.55. The molecule has 0 radical (unpaired) electrons. The Morgan fingerprint density at radius 2 is 1.31 bits per heavy atom. The van der Waals surface area contributed by atoms with E-state index in [2.05, 4.69) is 55.4 Å². The number of hydrogen-bond donors (Lipinski definition) is 1. The predicted molar refractivity (Wildman–Crippen MR) is 131 cm³/mol. The highest BCUT2D eigenvalue weighted by molar-refractivity contribution is 5.86. The summed E-state index contributed by atoms with van der Waals surface area (Å²) in [6.07, 6.45) is 12.0. The van der Waals surface area contributed by atoms with E-state index >= 15 is 0 Å². The third-order valence-electron chi connectivity index (χ3n) is 13.8. The minimum absolute atomic E-state index is 0.0102. The first kappa shape index (κ1) is 23.4. The molecule has 0 spiro atoms. The molecule has 0 aromatic rings. The van der Waals surface area contributed by atoms with Gasteiger partial charge in [-0.2, -0.15) is 0 Å². The Labute approximate surface area is 197 Å². The lowest BCUT2D eigenvalue weighted by atomic mass is 9.30. The second-order valence-electron chi connectivity index (χ2n) is 15.4. The van der Waals surface area contributed by atoms with E-state index in [9.17, 15) is 9.90 Å². The van der Waals surface area contributed by atoms with Crippen molar-refractivity contribution in [3.8, 4) is 0 Å². The van der Waals surface area contributed by atoms with Gasteiger partial charge in [0, 0.05) is 5.92 Å². The van der Waals surface area contributed by atoms with Gasteiger partial charge in [-0.25, -0.2) is 0 Å².